The molecule has 0 amide bonds. The van der Waals surface area contributed by atoms with E-state index in [1.54, 1.807) is 103 Å². The average molecular weight is 789 g/mol. The molecule has 0 aromatic carbocycles. The second kappa shape index (κ2) is 18.3. The van der Waals surface area contributed by atoms with Crippen LogP contribution in [0.2, 0.25) is 0 Å². The summed E-state index contributed by atoms with van der Waals surface area (Å²) in [6, 6.07) is 0. The van der Waals surface area contributed by atoms with Crippen LogP contribution in [-0.4, -0.2) is 0 Å². The highest BCUT2D eigenvalue weighted by Crippen LogP contribution is 2.64. The van der Waals surface area contributed by atoms with Crippen molar-refractivity contribution in [3.8, 4) is 0 Å². The van der Waals surface area contributed by atoms with E-state index in [0.29, 0.717) is 0 Å². The van der Waals surface area contributed by atoms with Gasteiger partial charge in [-0.15, -0.1) is 0 Å². The Bertz CT molecular complexity index is 1240. The van der Waals surface area contributed by atoms with Crippen molar-refractivity contribution in [3.05, 3.63) is 23.3 Å². The van der Waals surface area contributed by atoms with Gasteiger partial charge in [0.25, 0.3) is 0 Å². The summed E-state index contributed by atoms with van der Waals surface area (Å²) < 4.78 is 0. The van der Waals surface area contributed by atoms with E-state index >= 15 is 0 Å². The fourth-order valence-electron chi connectivity index (χ4n) is 19.8. The van der Waals surface area contributed by atoms with Crippen LogP contribution in [-0.2, 0) is 0 Å². The summed E-state index contributed by atoms with van der Waals surface area (Å²) in [4.78, 5) is 0. The second-order valence-electron chi connectivity index (χ2n) is 25.0. The smallest absolute Gasteiger partial charge is 0.0200 e. The molecule has 0 bridgehead atoms. The van der Waals surface area contributed by atoms with Crippen LogP contribution in [0.15, 0.2) is 23.3 Å². The Morgan fingerprint density at radius 2 is 0.483 bits per heavy atom. The van der Waals surface area contributed by atoms with Crippen LogP contribution in [0.1, 0.15) is 231 Å². The molecule has 0 aromatic heterocycles. The number of hydrogen-bond acceptors (Lipinski definition) is 0. The third-order valence-electron chi connectivity index (χ3n) is 22.4. The predicted molar refractivity (Wildman–Crippen MR) is 245 cm³/mol. The highest BCUT2D eigenvalue weighted by molar-refractivity contribution is 5.17. The Morgan fingerprint density at radius 1 is 0.224 bits per heavy atom. The van der Waals surface area contributed by atoms with Crippen molar-refractivity contribution in [2.75, 3.05) is 0 Å². The number of allylic oxidation sites excluding steroid dienone is 4. The molecule has 11 saturated carbocycles. The van der Waals surface area contributed by atoms with Crippen LogP contribution in [0.4, 0.5) is 0 Å². The molecule has 11 rings (SSSR count). The minimum Gasteiger partial charge on any atom is -0.0816 e. The first kappa shape index (κ1) is 40.3. The summed E-state index contributed by atoms with van der Waals surface area (Å²) in [5, 5.41) is 0. The summed E-state index contributed by atoms with van der Waals surface area (Å²) in [6.07, 6.45) is 62.3. The van der Waals surface area contributed by atoms with Gasteiger partial charge in [-0.25, -0.2) is 0 Å². The summed E-state index contributed by atoms with van der Waals surface area (Å²) in [6.45, 7) is 0. The number of rotatable bonds is 6. The van der Waals surface area contributed by atoms with Gasteiger partial charge in [0.1, 0.15) is 0 Å². The van der Waals surface area contributed by atoms with Gasteiger partial charge < -0.3 is 0 Å². The summed E-state index contributed by atoms with van der Waals surface area (Å²) in [5.41, 5.74) is 4.05. The minimum atomic E-state index is 0.931. The first-order chi connectivity index (χ1) is 28.7. The zero-order valence-electron chi connectivity index (χ0n) is 38.0. The molecule has 14 atom stereocenters. The van der Waals surface area contributed by atoms with Crippen molar-refractivity contribution in [1.29, 1.82) is 0 Å². The highest BCUT2D eigenvalue weighted by atomic mass is 14.6. The van der Waals surface area contributed by atoms with Gasteiger partial charge in [-0.3, -0.25) is 0 Å². The Labute approximate surface area is 359 Å². The SMILES string of the molecule is C(=C(C1CCCCC1)C1CCCCC1)C1CCC2C(CCC3CC4C(CCC5CC6C(CCC7CC(C=C(C8CCCCC8)C8CCCCC8)CCC76)CC54)CC32)C1. The van der Waals surface area contributed by atoms with E-state index in [2.05, 4.69) is 12.2 Å². The fourth-order valence-corrected chi connectivity index (χ4v) is 19.8. The first-order valence-corrected chi connectivity index (χ1v) is 28.1. The maximum absolute atomic E-state index is 3.02. The van der Waals surface area contributed by atoms with Gasteiger partial charge >= 0.3 is 0 Å². The van der Waals surface area contributed by atoms with Crippen molar-refractivity contribution < 1.29 is 0 Å². The highest BCUT2D eigenvalue weighted by Gasteiger charge is 2.54. The van der Waals surface area contributed by atoms with E-state index in [9.17, 15) is 0 Å². The van der Waals surface area contributed by atoms with Crippen molar-refractivity contribution >= 4 is 0 Å². The summed E-state index contributed by atoms with van der Waals surface area (Å²) >= 11 is 0. The topological polar surface area (TPSA) is 0 Å². The lowest BCUT2D eigenvalue weighted by Crippen LogP contribution is -2.51. The van der Waals surface area contributed by atoms with Crippen molar-refractivity contribution in [2.45, 2.75) is 231 Å². The quantitative estimate of drug-likeness (QED) is 0.235. The first-order valence-electron chi connectivity index (χ1n) is 28.1. The molecule has 14 unspecified atom stereocenters. The maximum Gasteiger partial charge on any atom is -0.0200 e. The van der Waals surface area contributed by atoms with Crippen LogP contribution < -0.4 is 0 Å². The fraction of sp³-hybridized carbons (Fsp3) is 0.931. The minimum absolute atomic E-state index is 0.931. The van der Waals surface area contributed by atoms with Gasteiger partial charge in [0.2, 0.25) is 0 Å². The van der Waals surface area contributed by atoms with Gasteiger partial charge in [-0.1, -0.05) is 100 Å². The lowest BCUT2D eigenvalue weighted by molar-refractivity contribution is -0.0984. The molecule has 11 aliphatic rings. The van der Waals surface area contributed by atoms with Crippen molar-refractivity contribution in [2.24, 2.45) is 107 Å². The van der Waals surface area contributed by atoms with Gasteiger partial charge in [0.15, 0.2) is 0 Å². The van der Waals surface area contributed by atoms with Gasteiger partial charge in [0.05, 0.1) is 0 Å². The Balaban J connectivity index is 0.710. The zero-order chi connectivity index (χ0) is 38.4. The normalized spacial score (nSPS) is 45.6. The van der Waals surface area contributed by atoms with E-state index in [1.807, 2.05) is 11.1 Å². The molecule has 11 fully saturated rings. The van der Waals surface area contributed by atoms with Crippen LogP contribution in [0.5, 0.6) is 0 Å². The molecule has 0 spiro atoms. The Morgan fingerprint density at radius 3 is 0.776 bits per heavy atom. The van der Waals surface area contributed by atoms with Gasteiger partial charge in [-0.05, 0) is 261 Å². The lowest BCUT2D eigenvalue weighted by Gasteiger charge is -2.60. The van der Waals surface area contributed by atoms with Crippen LogP contribution in [0.3, 0.4) is 0 Å². The maximum atomic E-state index is 3.02. The Hall–Kier alpha value is -0.520. The van der Waals surface area contributed by atoms with Gasteiger partial charge in [0, 0.05) is 0 Å². The van der Waals surface area contributed by atoms with E-state index < -0.39 is 0 Å². The average Bonchev–Trinajstić information content (AvgIpc) is 3.29. The molecule has 324 valence electrons. The monoisotopic (exact) mass is 789 g/mol. The molecule has 58 heavy (non-hydrogen) atoms. The number of hydrogen-bond donors (Lipinski definition) is 0. The number of fused-ring (bicyclic) bond motifs is 9. The zero-order valence-corrected chi connectivity index (χ0v) is 38.0. The largest absolute Gasteiger partial charge is 0.0816 e. The lowest BCUT2D eigenvalue weighted by atomic mass is 9.46. The van der Waals surface area contributed by atoms with Crippen LogP contribution in [0, 0.1) is 107 Å². The molecular weight excluding hydrogens is 697 g/mol. The van der Waals surface area contributed by atoms with Gasteiger partial charge in [-0.2, -0.15) is 0 Å². The summed E-state index contributed by atoms with van der Waals surface area (Å²) in [7, 11) is 0. The summed E-state index contributed by atoms with van der Waals surface area (Å²) in [5.74, 6) is 19.0. The molecule has 0 aliphatic heterocycles. The molecule has 11 aliphatic carbocycles. The molecule has 0 aromatic rings. The van der Waals surface area contributed by atoms with Crippen LogP contribution in [0.25, 0.3) is 0 Å². The molecule has 0 nitrogen and oxygen atoms in total. The standard InChI is InChI=1S/C58H92/c1-5-13-41(14-6-1)53(42-15-7-2-8-16-42)33-39-21-29-51-45(31-39)23-25-47-37-57-49(35-55(47)51)27-28-50-36-56-48(38-58(50)57)26-24-46-32-40(22-30-52(46)56)34-54(43-17-9-3-10-18-43)44-19-11-4-12-20-44/h33-34,39-52,55-58H,1-32,35-38H2. The molecule has 0 N–H and O–H groups in total. The molecule has 0 saturated heterocycles. The molecule has 0 heterocycles. The van der Waals surface area contributed by atoms with Crippen LogP contribution >= 0.6 is 0 Å². The van der Waals surface area contributed by atoms with Crippen molar-refractivity contribution in [3.63, 3.8) is 0 Å². The Kier molecular flexibility index (Phi) is 12.7. The third kappa shape index (κ3) is 8.34. The van der Waals surface area contributed by atoms with E-state index in [1.165, 1.54) is 128 Å². The van der Waals surface area contributed by atoms with E-state index in [0.717, 1.165) is 107 Å². The molecular formula is C58H92. The second-order valence-corrected chi connectivity index (χ2v) is 25.0. The molecule has 0 radical (unpaired) electrons. The predicted octanol–water partition coefficient (Wildman–Crippen LogP) is 17.1. The third-order valence-corrected chi connectivity index (χ3v) is 22.4. The van der Waals surface area contributed by atoms with E-state index in [-0.39, 0.29) is 0 Å². The van der Waals surface area contributed by atoms with E-state index in [4.69, 9.17) is 0 Å². The van der Waals surface area contributed by atoms with Crippen molar-refractivity contribution in [1.82, 2.24) is 0 Å². The molecule has 0 heteroatoms.